The zero-order chi connectivity index (χ0) is 11.5. The van der Waals surface area contributed by atoms with Gasteiger partial charge in [0.25, 0.3) is 0 Å². The van der Waals surface area contributed by atoms with Gasteiger partial charge in [0, 0.05) is 18.0 Å². The molecule has 2 rings (SSSR count). The van der Waals surface area contributed by atoms with Crippen LogP contribution in [0.4, 0.5) is 0 Å². The van der Waals surface area contributed by atoms with Gasteiger partial charge in [0.1, 0.15) is 10.3 Å². The molecule has 0 N–H and O–H groups in total. The molecule has 0 amide bonds. The van der Waals surface area contributed by atoms with E-state index in [1.807, 2.05) is 6.92 Å². The van der Waals surface area contributed by atoms with Crippen LogP contribution in [0.3, 0.4) is 0 Å². The molecule has 0 unspecified atom stereocenters. The normalized spacial score (nSPS) is 10.4. The Labute approximate surface area is 103 Å². The molecule has 0 aliphatic rings. The highest BCUT2D eigenvalue weighted by atomic mass is 35.5. The average Bonchev–Trinajstić information content (AvgIpc) is 2.30. The summed E-state index contributed by atoms with van der Waals surface area (Å²) in [6.07, 6.45) is 3.91. The predicted octanol–water partition coefficient (Wildman–Crippen LogP) is 2.80. The van der Waals surface area contributed by atoms with Gasteiger partial charge in [0.15, 0.2) is 5.82 Å². The SMILES string of the molecule is CCc1c(Cl)nc(-c2ncccn2)nc1Cl. The van der Waals surface area contributed by atoms with Crippen LogP contribution in [0.15, 0.2) is 18.5 Å². The molecule has 6 heteroatoms. The van der Waals surface area contributed by atoms with Gasteiger partial charge in [-0.05, 0) is 12.5 Å². The second-order valence-electron chi connectivity index (χ2n) is 3.03. The van der Waals surface area contributed by atoms with Gasteiger partial charge >= 0.3 is 0 Å². The molecule has 0 saturated carbocycles. The molecule has 2 aromatic heterocycles. The van der Waals surface area contributed by atoms with E-state index in [2.05, 4.69) is 19.9 Å². The van der Waals surface area contributed by atoms with E-state index in [1.165, 1.54) is 0 Å². The van der Waals surface area contributed by atoms with Crippen molar-refractivity contribution >= 4 is 23.2 Å². The maximum Gasteiger partial charge on any atom is 0.200 e. The molecule has 2 aromatic rings. The lowest BCUT2D eigenvalue weighted by molar-refractivity contribution is 1.02. The fourth-order valence-electron chi connectivity index (χ4n) is 1.24. The summed E-state index contributed by atoms with van der Waals surface area (Å²) in [4.78, 5) is 16.3. The summed E-state index contributed by atoms with van der Waals surface area (Å²) in [6.45, 7) is 1.94. The highest BCUT2D eigenvalue weighted by molar-refractivity contribution is 6.34. The standard InChI is InChI=1S/C10H8Cl2N4/c1-2-6-7(11)15-10(16-8(6)12)9-13-4-3-5-14-9/h3-5H,2H2,1H3. The van der Waals surface area contributed by atoms with Crippen LogP contribution in [0.5, 0.6) is 0 Å². The van der Waals surface area contributed by atoms with Gasteiger partial charge in [-0.25, -0.2) is 19.9 Å². The zero-order valence-electron chi connectivity index (χ0n) is 8.48. The first kappa shape index (κ1) is 11.2. The van der Waals surface area contributed by atoms with E-state index < -0.39 is 0 Å². The number of hydrogen-bond acceptors (Lipinski definition) is 4. The Morgan fingerprint density at radius 3 is 2.06 bits per heavy atom. The monoisotopic (exact) mass is 254 g/mol. The third-order valence-electron chi connectivity index (χ3n) is 2.03. The third-order valence-corrected chi connectivity index (χ3v) is 2.65. The van der Waals surface area contributed by atoms with Gasteiger partial charge in [-0.3, -0.25) is 0 Å². The predicted molar refractivity (Wildman–Crippen MR) is 62.5 cm³/mol. The smallest absolute Gasteiger partial charge is 0.200 e. The summed E-state index contributed by atoms with van der Waals surface area (Å²) in [6, 6.07) is 1.72. The zero-order valence-corrected chi connectivity index (χ0v) is 10.00. The van der Waals surface area contributed by atoms with Crippen molar-refractivity contribution in [2.75, 3.05) is 0 Å². The average molecular weight is 255 g/mol. The van der Waals surface area contributed by atoms with Crippen LogP contribution in [0, 0.1) is 0 Å². The first-order chi connectivity index (χ1) is 7.72. The highest BCUT2D eigenvalue weighted by Crippen LogP contribution is 2.24. The maximum atomic E-state index is 5.99. The third kappa shape index (κ3) is 2.13. The molecule has 0 atom stereocenters. The molecule has 0 aromatic carbocycles. The van der Waals surface area contributed by atoms with Gasteiger partial charge in [0.05, 0.1) is 0 Å². The molecular formula is C10H8Cl2N4. The van der Waals surface area contributed by atoms with Crippen LogP contribution in [0.1, 0.15) is 12.5 Å². The molecule has 16 heavy (non-hydrogen) atoms. The first-order valence-electron chi connectivity index (χ1n) is 4.71. The molecule has 82 valence electrons. The second kappa shape index (κ2) is 4.72. The van der Waals surface area contributed by atoms with E-state index in [0.29, 0.717) is 28.4 Å². The maximum absolute atomic E-state index is 5.99. The summed E-state index contributed by atoms with van der Waals surface area (Å²) in [5, 5.41) is 0.704. The van der Waals surface area contributed by atoms with Gasteiger partial charge in [-0.1, -0.05) is 30.1 Å². The van der Waals surface area contributed by atoms with E-state index in [4.69, 9.17) is 23.2 Å². The van der Waals surface area contributed by atoms with Crippen LogP contribution in [0.25, 0.3) is 11.6 Å². The fourth-order valence-corrected chi connectivity index (χ4v) is 1.89. The molecule has 0 saturated heterocycles. The van der Waals surface area contributed by atoms with Crippen molar-refractivity contribution < 1.29 is 0 Å². The van der Waals surface area contributed by atoms with Crippen LogP contribution in [-0.2, 0) is 6.42 Å². The van der Waals surface area contributed by atoms with Crippen LogP contribution in [0.2, 0.25) is 10.3 Å². The second-order valence-corrected chi connectivity index (χ2v) is 3.75. The van der Waals surface area contributed by atoms with Crippen LogP contribution < -0.4 is 0 Å². The van der Waals surface area contributed by atoms with Crippen LogP contribution >= 0.6 is 23.2 Å². The Morgan fingerprint density at radius 1 is 1.00 bits per heavy atom. The van der Waals surface area contributed by atoms with Crippen LogP contribution in [-0.4, -0.2) is 19.9 Å². The Bertz CT molecular complexity index is 478. The van der Waals surface area contributed by atoms with Gasteiger partial charge in [-0.2, -0.15) is 0 Å². The molecule has 0 radical (unpaired) electrons. The lowest BCUT2D eigenvalue weighted by atomic mass is 10.3. The van der Waals surface area contributed by atoms with E-state index in [0.717, 1.165) is 5.56 Å². The minimum Gasteiger partial charge on any atom is -0.234 e. The Hall–Kier alpha value is -1.26. The summed E-state index contributed by atoms with van der Waals surface area (Å²) in [5.41, 5.74) is 0.739. The molecular weight excluding hydrogens is 247 g/mol. The molecule has 0 aliphatic heterocycles. The molecule has 0 aliphatic carbocycles. The van der Waals surface area contributed by atoms with Crippen molar-refractivity contribution in [1.29, 1.82) is 0 Å². The largest absolute Gasteiger partial charge is 0.234 e. The Balaban J connectivity index is 2.53. The summed E-state index contributed by atoms with van der Waals surface area (Å²) in [7, 11) is 0. The summed E-state index contributed by atoms with van der Waals surface area (Å²) in [5.74, 6) is 0.752. The Morgan fingerprint density at radius 2 is 1.56 bits per heavy atom. The molecule has 0 bridgehead atoms. The lowest BCUT2D eigenvalue weighted by Crippen LogP contribution is -1.99. The number of rotatable bonds is 2. The minimum absolute atomic E-state index is 0.341. The van der Waals surface area contributed by atoms with Gasteiger partial charge in [0.2, 0.25) is 5.82 Å². The molecule has 0 spiro atoms. The Kier molecular flexibility index (Phi) is 3.31. The quantitative estimate of drug-likeness (QED) is 0.774. The van der Waals surface area contributed by atoms with Crippen molar-refractivity contribution in [3.8, 4) is 11.6 Å². The molecule has 0 fully saturated rings. The van der Waals surface area contributed by atoms with E-state index in [-0.39, 0.29) is 0 Å². The van der Waals surface area contributed by atoms with E-state index >= 15 is 0 Å². The number of halogens is 2. The van der Waals surface area contributed by atoms with Crippen molar-refractivity contribution in [2.24, 2.45) is 0 Å². The van der Waals surface area contributed by atoms with Gasteiger partial charge in [-0.15, -0.1) is 0 Å². The number of hydrogen-bond donors (Lipinski definition) is 0. The van der Waals surface area contributed by atoms with Crippen molar-refractivity contribution in [3.63, 3.8) is 0 Å². The fraction of sp³-hybridized carbons (Fsp3) is 0.200. The lowest BCUT2D eigenvalue weighted by Gasteiger charge is -2.04. The minimum atomic E-state index is 0.341. The topological polar surface area (TPSA) is 51.6 Å². The number of aromatic nitrogens is 4. The van der Waals surface area contributed by atoms with Crippen molar-refractivity contribution in [2.45, 2.75) is 13.3 Å². The first-order valence-corrected chi connectivity index (χ1v) is 5.47. The summed E-state index contributed by atoms with van der Waals surface area (Å²) >= 11 is 12.0. The van der Waals surface area contributed by atoms with Crippen molar-refractivity contribution in [1.82, 2.24) is 19.9 Å². The van der Waals surface area contributed by atoms with Crippen molar-refractivity contribution in [3.05, 3.63) is 34.3 Å². The molecule has 4 nitrogen and oxygen atoms in total. The van der Waals surface area contributed by atoms with E-state index in [9.17, 15) is 0 Å². The summed E-state index contributed by atoms with van der Waals surface area (Å²) < 4.78 is 0. The van der Waals surface area contributed by atoms with E-state index in [1.54, 1.807) is 18.5 Å². The number of nitrogens with zero attached hydrogens (tertiary/aromatic N) is 4. The van der Waals surface area contributed by atoms with Gasteiger partial charge < -0.3 is 0 Å². The highest BCUT2D eigenvalue weighted by Gasteiger charge is 2.12. The molecule has 2 heterocycles.